The van der Waals surface area contributed by atoms with Crippen molar-refractivity contribution in [3.63, 3.8) is 0 Å². The van der Waals surface area contributed by atoms with Crippen LogP contribution in [0.25, 0.3) is 0 Å². The Hall–Kier alpha value is -2.54. The van der Waals surface area contributed by atoms with Crippen LogP contribution in [0.2, 0.25) is 0 Å². The summed E-state index contributed by atoms with van der Waals surface area (Å²) in [6.45, 7) is 0.0213. The van der Waals surface area contributed by atoms with E-state index in [1.54, 1.807) is 18.2 Å². The highest BCUT2D eigenvalue weighted by Crippen LogP contribution is 2.31. The Kier molecular flexibility index (Phi) is 5.55. The fourth-order valence-corrected chi connectivity index (χ4v) is 2.68. The molecule has 0 saturated heterocycles. The molecular weight excluding hydrogens is 390 g/mol. The van der Waals surface area contributed by atoms with Gasteiger partial charge in [-0.15, -0.1) is 0 Å². The Bertz CT molecular complexity index is 780. The van der Waals surface area contributed by atoms with Crippen molar-refractivity contribution in [3.8, 4) is 11.5 Å². The normalized spacial score (nSPS) is 15.3. The molecule has 2 aromatic carbocycles. The first-order valence-electron chi connectivity index (χ1n) is 7.68. The second-order valence-electron chi connectivity index (χ2n) is 5.34. The molecule has 3 rings (SSSR count). The SMILES string of the molecule is O=C(COC(=O)C1COc2ccccc2O1)NCc1ccccc1Br. The fraction of sp³-hybridized carbons (Fsp3) is 0.222. The number of nitrogens with one attached hydrogen (secondary N) is 1. The third-order valence-corrected chi connectivity index (χ3v) is 4.32. The van der Waals surface area contributed by atoms with E-state index >= 15 is 0 Å². The summed E-state index contributed by atoms with van der Waals surface area (Å²) in [6.07, 6.45) is -0.883. The minimum Gasteiger partial charge on any atom is -0.485 e. The highest BCUT2D eigenvalue weighted by atomic mass is 79.9. The number of esters is 1. The lowest BCUT2D eigenvalue weighted by Crippen LogP contribution is -2.39. The van der Waals surface area contributed by atoms with Gasteiger partial charge in [0, 0.05) is 11.0 Å². The Labute approximate surface area is 153 Å². The van der Waals surface area contributed by atoms with Crippen LogP contribution >= 0.6 is 15.9 Å². The number of ether oxygens (including phenoxy) is 3. The Balaban J connectivity index is 1.45. The maximum Gasteiger partial charge on any atom is 0.351 e. The molecule has 6 nitrogen and oxygen atoms in total. The van der Waals surface area contributed by atoms with E-state index in [2.05, 4.69) is 21.2 Å². The van der Waals surface area contributed by atoms with Gasteiger partial charge in [-0.25, -0.2) is 4.79 Å². The summed E-state index contributed by atoms with van der Waals surface area (Å²) in [5.41, 5.74) is 0.933. The van der Waals surface area contributed by atoms with Crippen LogP contribution < -0.4 is 14.8 Å². The first-order chi connectivity index (χ1) is 12.1. The van der Waals surface area contributed by atoms with Gasteiger partial charge in [0.15, 0.2) is 18.1 Å². The smallest absolute Gasteiger partial charge is 0.351 e. The molecule has 0 aliphatic carbocycles. The zero-order chi connectivity index (χ0) is 17.6. The number of carbonyl (C=O) groups excluding carboxylic acids is 2. The van der Waals surface area contributed by atoms with Gasteiger partial charge in [0.1, 0.15) is 6.61 Å². The molecule has 0 spiro atoms. The number of rotatable bonds is 5. The van der Waals surface area contributed by atoms with Gasteiger partial charge in [0.05, 0.1) is 0 Å². The third kappa shape index (κ3) is 4.51. The van der Waals surface area contributed by atoms with Crippen LogP contribution in [0.15, 0.2) is 53.0 Å². The quantitative estimate of drug-likeness (QED) is 0.773. The molecule has 0 aromatic heterocycles. The largest absolute Gasteiger partial charge is 0.485 e. The van der Waals surface area contributed by atoms with Gasteiger partial charge in [0.2, 0.25) is 6.10 Å². The predicted octanol–water partition coefficient (Wildman–Crippen LogP) is 2.45. The number of halogens is 1. The van der Waals surface area contributed by atoms with Crippen LogP contribution in [-0.2, 0) is 20.9 Å². The van der Waals surface area contributed by atoms with Crippen molar-refractivity contribution >= 4 is 27.8 Å². The summed E-state index contributed by atoms with van der Waals surface area (Å²) in [4.78, 5) is 23.9. The van der Waals surface area contributed by atoms with Gasteiger partial charge in [-0.05, 0) is 23.8 Å². The minimum absolute atomic E-state index is 0.0500. The van der Waals surface area contributed by atoms with E-state index in [4.69, 9.17) is 14.2 Å². The van der Waals surface area contributed by atoms with Crippen LogP contribution in [0.5, 0.6) is 11.5 Å². The molecule has 1 atom stereocenters. The van der Waals surface area contributed by atoms with Crippen molar-refractivity contribution in [2.75, 3.05) is 13.2 Å². The summed E-state index contributed by atoms with van der Waals surface area (Å²) in [5.74, 6) is 0.0404. The van der Waals surface area contributed by atoms with E-state index in [0.717, 1.165) is 10.0 Å². The number of para-hydroxylation sites is 2. The molecule has 0 fully saturated rings. The first-order valence-corrected chi connectivity index (χ1v) is 8.48. The predicted molar refractivity (Wildman–Crippen MR) is 93.3 cm³/mol. The number of amides is 1. The highest BCUT2D eigenvalue weighted by molar-refractivity contribution is 9.10. The molecule has 0 saturated carbocycles. The minimum atomic E-state index is -0.883. The van der Waals surface area contributed by atoms with Crippen molar-refractivity contribution < 1.29 is 23.8 Å². The molecule has 1 aliphatic heterocycles. The van der Waals surface area contributed by atoms with E-state index in [0.29, 0.717) is 18.0 Å². The number of carbonyl (C=O) groups is 2. The van der Waals surface area contributed by atoms with Crippen molar-refractivity contribution in [1.82, 2.24) is 5.32 Å². The fourth-order valence-electron chi connectivity index (χ4n) is 2.25. The molecule has 130 valence electrons. The standard InChI is InChI=1S/C18H16BrNO5/c19-13-6-2-1-5-12(13)9-20-17(21)11-24-18(22)16-10-23-14-7-3-4-8-15(14)25-16/h1-8,16H,9-11H2,(H,20,21). The lowest BCUT2D eigenvalue weighted by molar-refractivity contribution is -0.157. The van der Waals surface area contributed by atoms with E-state index in [1.165, 1.54) is 0 Å². The summed E-state index contributed by atoms with van der Waals surface area (Å²) in [6, 6.07) is 14.6. The monoisotopic (exact) mass is 405 g/mol. The second-order valence-corrected chi connectivity index (χ2v) is 6.19. The number of hydrogen-bond donors (Lipinski definition) is 1. The molecule has 25 heavy (non-hydrogen) atoms. The molecule has 2 aromatic rings. The van der Waals surface area contributed by atoms with Crippen molar-refractivity contribution in [2.45, 2.75) is 12.6 Å². The molecule has 1 amide bonds. The molecule has 1 aliphatic rings. The zero-order valence-corrected chi connectivity index (χ0v) is 14.8. The molecule has 1 N–H and O–H groups in total. The average Bonchev–Trinajstić information content (AvgIpc) is 2.65. The Morgan fingerprint density at radius 1 is 1.12 bits per heavy atom. The lowest BCUT2D eigenvalue weighted by Gasteiger charge is -2.24. The van der Waals surface area contributed by atoms with E-state index < -0.39 is 12.1 Å². The van der Waals surface area contributed by atoms with Gasteiger partial charge in [0.25, 0.3) is 5.91 Å². The topological polar surface area (TPSA) is 73.9 Å². The summed E-state index contributed by atoms with van der Waals surface area (Å²) >= 11 is 3.41. The van der Waals surface area contributed by atoms with Gasteiger partial charge < -0.3 is 19.5 Å². The van der Waals surface area contributed by atoms with Crippen LogP contribution in [0, 0.1) is 0 Å². The summed E-state index contributed by atoms with van der Waals surface area (Å²) < 4.78 is 16.9. The summed E-state index contributed by atoms with van der Waals surface area (Å²) in [5, 5.41) is 2.70. The van der Waals surface area contributed by atoms with Gasteiger partial charge >= 0.3 is 5.97 Å². The second kappa shape index (κ2) is 8.02. The van der Waals surface area contributed by atoms with Gasteiger partial charge in [-0.1, -0.05) is 46.3 Å². The molecule has 1 heterocycles. The zero-order valence-electron chi connectivity index (χ0n) is 13.2. The average molecular weight is 406 g/mol. The van der Waals surface area contributed by atoms with Crippen LogP contribution in [0.1, 0.15) is 5.56 Å². The Morgan fingerprint density at radius 3 is 2.64 bits per heavy atom. The third-order valence-electron chi connectivity index (χ3n) is 3.55. The van der Waals surface area contributed by atoms with Gasteiger partial charge in [-0.3, -0.25) is 4.79 Å². The Morgan fingerprint density at radius 2 is 1.84 bits per heavy atom. The molecule has 1 unspecified atom stereocenters. The maximum absolute atomic E-state index is 12.0. The molecule has 0 bridgehead atoms. The summed E-state index contributed by atoms with van der Waals surface area (Å²) in [7, 11) is 0. The molecular formula is C18H16BrNO5. The van der Waals surface area contributed by atoms with Gasteiger partial charge in [-0.2, -0.15) is 0 Å². The van der Waals surface area contributed by atoms with Crippen LogP contribution in [-0.4, -0.2) is 31.2 Å². The van der Waals surface area contributed by atoms with Crippen LogP contribution in [0.4, 0.5) is 0 Å². The van der Waals surface area contributed by atoms with E-state index in [9.17, 15) is 9.59 Å². The van der Waals surface area contributed by atoms with E-state index in [-0.39, 0.29) is 19.1 Å². The van der Waals surface area contributed by atoms with Crippen molar-refractivity contribution in [2.24, 2.45) is 0 Å². The number of fused-ring (bicyclic) bond motifs is 1. The van der Waals surface area contributed by atoms with Crippen molar-refractivity contribution in [3.05, 3.63) is 58.6 Å². The maximum atomic E-state index is 12.0. The number of hydrogen-bond acceptors (Lipinski definition) is 5. The lowest BCUT2D eigenvalue weighted by atomic mass is 10.2. The highest BCUT2D eigenvalue weighted by Gasteiger charge is 2.29. The molecule has 7 heteroatoms. The van der Waals surface area contributed by atoms with Crippen LogP contribution in [0.3, 0.4) is 0 Å². The van der Waals surface area contributed by atoms with E-state index in [1.807, 2.05) is 30.3 Å². The molecule has 0 radical (unpaired) electrons. The van der Waals surface area contributed by atoms with Crippen molar-refractivity contribution in [1.29, 1.82) is 0 Å². The number of benzene rings is 2. The first kappa shape index (κ1) is 17.3.